The predicted molar refractivity (Wildman–Crippen MR) is 207 cm³/mol. The molecule has 1 saturated carbocycles. The number of fused-ring (bicyclic) bond motifs is 2. The lowest BCUT2D eigenvalue weighted by atomic mass is 9.79. The number of hydrogen-bond donors (Lipinski definition) is 3. The van der Waals surface area contributed by atoms with Crippen LogP contribution in [0.5, 0.6) is 11.5 Å². The zero-order valence-corrected chi connectivity index (χ0v) is 32.7. The number of likely N-dealkylation sites (tertiary alicyclic amines) is 2. The molecule has 0 spiro atoms. The molecular weight excluding hydrogens is 710 g/mol. The van der Waals surface area contributed by atoms with E-state index < -0.39 is 18.1 Å². The highest BCUT2D eigenvalue weighted by molar-refractivity contribution is 6.31. The summed E-state index contributed by atoms with van der Waals surface area (Å²) in [6, 6.07) is 9.73. The predicted octanol–water partition coefficient (Wildman–Crippen LogP) is 5.22. The van der Waals surface area contributed by atoms with E-state index >= 15 is 0 Å². The second-order valence-electron chi connectivity index (χ2n) is 15.4. The van der Waals surface area contributed by atoms with Crippen molar-refractivity contribution in [2.45, 2.75) is 77.5 Å². The van der Waals surface area contributed by atoms with Crippen molar-refractivity contribution in [3.05, 3.63) is 58.7 Å². The number of hydrogen-bond acceptors (Lipinski definition) is 7. The Morgan fingerprint density at radius 1 is 0.944 bits per heavy atom. The topological polar surface area (TPSA) is 142 Å². The molecule has 0 radical (unpaired) electrons. The van der Waals surface area contributed by atoms with Crippen molar-refractivity contribution in [2.75, 3.05) is 46.9 Å². The third-order valence-electron chi connectivity index (χ3n) is 11.3. The number of ether oxygens (including phenoxy) is 3. The summed E-state index contributed by atoms with van der Waals surface area (Å²) in [6.07, 6.45) is 7.11. The molecule has 6 rings (SSSR count). The van der Waals surface area contributed by atoms with Crippen LogP contribution in [0.2, 0.25) is 5.02 Å². The number of piperidine rings is 1. The Labute approximate surface area is 322 Å². The number of H-pyrrole nitrogens is 1. The van der Waals surface area contributed by atoms with Crippen LogP contribution in [-0.2, 0) is 25.5 Å². The zero-order chi connectivity index (χ0) is 38.5. The molecule has 54 heavy (non-hydrogen) atoms. The van der Waals surface area contributed by atoms with Crippen LogP contribution in [0.4, 0.5) is 0 Å². The lowest BCUT2D eigenvalue weighted by Crippen LogP contribution is -2.58. The number of amides is 4. The summed E-state index contributed by atoms with van der Waals surface area (Å²) in [5, 5.41) is 7.22. The fourth-order valence-electron chi connectivity index (χ4n) is 8.39. The van der Waals surface area contributed by atoms with E-state index in [2.05, 4.69) is 15.6 Å². The van der Waals surface area contributed by atoms with E-state index in [4.69, 9.17) is 25.8 Å². The van der Waals surface area contributed by atoms with Crippen LogP contribution in [0.1, 0.15) is 68.8 Å². The fraction of sp³-hybridized carbons (Fsp3) is 0.561. The average molecular weight is 764 g/mol. The lowest BCUT2D eigenvalue weighted by Gasteiger charge is -2.40. The Bertz CT molecular complexity index is 1820. The van der Waals surface area contributed by atoms with Gasteiger partial charge in [0, 0.05) is 67.5 Å². The SMILES string of the molecule is CNC(=O)[C@H](NC(=O)C1CN(C(=O)Cc2c[nH]c3cc(Cl)ccc23)CC2CN(C(=O)c3ccc(OC(C)C)c(OC)c3)CC21)[C@H](C)OCC1CCCCC1. The van der Waals surface area contributed by atoms with Gasteiger partial charge in [0.25, 0.3) is 5.91 Å². The number of rotatable bonds is 13. The minimum absolute atomic E-state index is 0.0696. The summed E-state index contributed by atoms with van der Waals surface area (Å²) < 4.78 is 17.6. The lowest BCUT2D eigenvalue weighted by molar-refractivity contribution is -0.141. The Morgan fingerprint density at radius 2 is 1.70 bits per heavy atom. The smallest absolute Gasteiger partial charge is 0.254 e. The highest BCUT2D eigenvalue weighted by Gasteiger charge is 2.48. The first-order valence-corrected chi connectivity index (χ1v) is 19.6. The maximum absolute atomic E-state index is 14.4. The number of nitrogens with zero attached hydrogens (tertiary/aromatic N) is 2. The first-order chi connectivity index (χ1) is 25.9. The molecule has 1 aromatic heterocycles. The van der Waals surface area contributed by atoms with E-state index in [1.54, 1.807) is 41.1 Å². The Hall–Kier alpha value is -4.29. The summed E-state index contributed by atoms with van der Waals surface area (Å²) in [6.45, 7) is 7.45. The maximum atomic E-state index is 14.4. The van der Waals surface area contributed by atoms with E-state index in [0.717, 1.165) is 29.3 Å². The van der Waals surface area contributed by atoms with Gasteiger partial charge in [0.05, 0.1) is 31.7 Å². The average Bonchev–Trinajstić information content (AvgIpc) is 3.79. The summed E-state index contributed by atoms with van der Waals surface area (Å²) in [5.41, 5.74) is 2.12. The van der Waals surface area contributed by atoms with Gasteiger partial charge in [-0.2, -0.15) is 0 Å². The van der Waals surface area contributed by atoms with Crippen molar-refractivity contribution in [2.24, 2.45) is 23.7 Å². The molecule has 292 valence electrons. The van der Waals surface area contributed by atoms with Crippen molar-refractivity contribution < 1.29 is 33.4 Å². The standard InChI is InChI=1S/C41H54ClN5O7/c1-24(2)54-35-14-11-27(15-36(35)52-5)41(51)47-20-29-19-46(37(48)16-28-18-44-34-17-30(42)12-13-31(28)34)22-33(32(29)21-47)39(49)45-38(40(50)43-4)25(3)53-23-26-9-7-6-8-10-26/h11-15,17-18,24-26,29,32-33,38,44H,6-10,16,19-23H2,1-5H3,(H,43,50)(H,45,49)/t25-,29?,32?,33?,38+/m0/s1. The minimum atomic E-state index is -0.924. The van der Waals surface area contributed by atoms with Gasteiger partial charge in [-0.25, -0.2) is 0 Å². The van der Waals surface area contributed by atoms with E-state index in [-0.39, 0.29) is 54.5 Å². The molecule has 3 heterocycles. The molecule has 2 saturated heterocycles. The third-order valence-corrected chi connectivity index (χ3v) is 11.6. The molecule has 2 aliphatic heterocycles. The fourth-order valence-corrected chi connectivity index (χ4v) is 8.56. The van der Waals surface area contributed by atoms with Gasteiger partial charge in [0.15, 0.2) is 11.5 Å². The quantitative estimate of drug-likeness (QED) is 0.217. The molecule has 13 heteroatoms. The number of carbonyl (C=O) groups excluding carboxylic acids is 4. The number of aromatic amines is 1. The Morgan fingerprint density at radius 3 is 2.43 bits per heavy atom. The van der Waals surface area contributed by atoms with Gasteiger partial charge in [-0.05, 0) is 87.3 Å². The van der Waals surface area contributed by atoms with Crippen LogP contribution in [0.25, 0.3) is 10.9 Å². The Balaban J connectivity index is 1.22. The van der Waals surface area contributed by atoms with Crippen LogP contribution in [0, 0.1) is 23.7 Å². The van der Waals surface area contributed by atoms with Crippen molar-refractivity contribution in [1.29, 1.82) is 0 Å². The number of halogens is 1. The molecule has 12 nitrogen and oxygen atoms in total. The summed E-state index contributed by atoms with van der Waals surface area (Å²) in [7, 11) is 3.08. The molecular formula is C41H54ClN5O7. The zero-order valence-electron chi connectivity index (χ0n) is 32.0. The number of carbonyl (C=O) groups is 4. The van der Waals surface area contributed by atoms with Gasteiger partial charge >= 0.3 is 0 Å². The molecule has 3 aromatic rings. The molecule has 4 amide bonds. The number of benzene rings is 2. The van der Waals surface area contributed by atoms with E-state index in [9.17, 15) is 19.2 Å². The monoisotopic (exact) mass is 763 g/mol. The Kier molecular flexibility index (Phi) is 12.7. The van der Waals surface area contributed by atoms with E-state index in [0.29, 0.717) is 54.2 Å². The molecule has 3 aliphatic rings. The van der Waals surface area contributed by atoms with Crippen molar-refractivity contribution in [1.82, 2.24) is 25.4 Å². The molecule has 1 aliphatic carbocycles. The van der Waals surface area contributed by atoms with Gasteiger partial charge < -0.3 is 39.6 Å². The molecule has 3 fully saturated rings. The largest absolute Gasteiger partial charge is 0.493 e. The first-order valence-electron chi connectivity index (χ1n) is 19.3. The molecule has 3 N–H and O–H groups in total. The second kappa shape index (κ2) is 17.5. The normalized spacial score (nSPS) is 21.4. The van der Waals surface area contributed by atoms with Gasteiger partial charge in [-0.3, -0.25) is 19.2 Å². The van der Waals surface area contributed by atoms with Crippen molar-refractivity contribution >= 4 is 46.1 Å². The number of likely N-dealkylation sites (N-methyl/N-ethyl adjacent to an activating group) is 1. The van der Waals surface area contributed by atoms with Crippen molar-refractivity contribution in [3.8, 4) is 11.5 Å². The van der Waals surface area contributed by atoms with Gasteiger partial charge in [0.2, 0.25) is 17.7 Å². The van der Waals surface area contributed by atoms with Crippen LogP contribution in [-0.4, -0.2) is 104 Å². The number of nitrogens with one attached hydrogen (secondary N) is 3. The van der Waals surface area contributed by atoms with E-state index in [1.165, 1.54) is 26.4 Å². The van der Waals surface area contributed by atoms with Crippen LogP contribution >= 0.6 is 11.6 Å². The summed E-state index contributed by atoms with van der Waals surface area (Å²) in [5.74, 6) is -0.609. The first kappa shape index (κ1) is 39.4. The second-order valence-corrected chi connectivity index (χ2v) is 15.8. The number of methoxy groups -OCH3 is 1. The molecule has 2 aromatic carbocycles. The molecule has 0 bridgehead atoms. The summed E-state index contributed by atoms with van der Waals surface area (Å²) >= 11 is 6.20. The van der Waals surface area contributed by atoms with Crippen LogP contribution < -0.4 is 20.1 Å². The van der Waals surface area contributed by atoms with Gasteiger partial charge in [-0.1, -0.05) is 36.9 Å². The van der Waals surface area contributed by atoms with Crippen LogP contribution in [0.3, 0.4) is 0 Å². The van der Waals surface area contributed by atoms with Gasteiger partial charge in [0.1, 0.15) is 6.04 Å². The minimum Gasteiger partial charge on any atom is -0.493 e. The van der Waals surface area contributed by atoms with E-state index in [1.807, 2.05) is 39.1 Å². The molecule has 3 unspecified atom stereocenters. The third kappa shape index (κ3) is 8.97. The van der Waals surface area contributed by atoms with Crippen molar-refractivity contribution in [3.63, 3.8) is 0 Å². The molecule has 5 atom stereocenters. The maximum Gasteiger partial charge on any atom is 0.254 e. The highest BCUT2D eigenvalue weighted by Crippen LogP contribution is 2.38. The highest BCUT2D eigenvalue weighted by atomic mass is 35.5. The summed E-state index contributed by atoms with van der Waals surface area (Å²) in [4.78, 5) is 62.4. The number of aromatic nitrogens is 1. The van der Waals surface area contributed by atoms with Gasteiger partial charge in [-0.15, -0.1) is 0 Å². The van der Waals surface area contributed by atoms with Crippen LogP contribution in [0.15, 0.2) is 42.6 Å².